The minimum absolute atomic E-state index is 0.374. The molecule has 0 heterocycles. The van der Waals surface area contributed by atoms with E-state index in [0.29, 0.717) is 12.8 Å². The second-order valence-electron chi connectivity index (χ2n) is 5.06. The molecule has 1 aliphatic carbocycles. The highest BCUT2D eigenvalue weighted by atomic mass is 16.6. The van der Waals surface area contributed by atoms with Gasteiger partial charge in [0.1, 0.15) is 11.1 Å². The van der Waals surface area contributed by atoms with E-state index in [4.69, 9.17) is 9.47 Å². The lowest BCUT2D eigenvalue weighted by Gasteiger charge is -2.29. The minimum Gasteiger partial charge on any atom is -0.467 e. The van der Waals surface area contributed by atoms with Crippen LogP contribution in [0, 0.1) is 0 Å². The molecule has 0 aromatic carbocycles. The van der Waals surface area contributed by atoms with Gasteiger partial charge in [-0.1, -0.05) is 0 Å². The Morgan fingerprint density at radius 1 is 1.25 bits per heavy atom. The fourth-order valence-corrected chi connectivity index (χ4v) is 1.49. The summed E-state index contributed by atoms with van der Waals surface area (Å²) in [5, 5.41) is 0. The van der Waals surface area contributed by atoms with Crippen molar-refractivity contribution in [1.82, 2.24) is 4.90 Å². The summed E-state index contributed by atoms with van der Waals surface area (Å²) in [6, 6.07) is 0. The van der Waals surface area contributed by atoms with Crippen molar-refractivity contribution in [1.29, 1.82) is 0 Å². The summed E-state index contributed by atoms with van der Waals surface area (Å²) in [7, 11) is 2.89. The Bertz CT molecular complexity index is 302. The normalized spacial score (nSPS) is 17.6. The molecule has 5 nitrogen and oxygen atoms in total. The highest BCUT2D eigenvalue weighted by Crippen LogP contribution is 2.42. The molecule has 1 aliphatic rings. The highest BCUT2D eigenvalue weighted by molar-refractivity contribution is 5.88. The Labute approximate surface area is 95.7 Å². The molecule has 5 heteroatoms. The number of carbonyl (C=O) groups is 2. The van der Waals surface area contributed by atoms with Crippen LogP contribution >= 0.6 is 0 Å². The lowest BCUT2D eigenvalue weighted by Crippen LogP contribution is -2.47. The van der Waals surface area contributed by atoms with Crippen LogP contribution in [0.15, 0.2) is 0 Å². The van der Waals surface area contributed by atoms with E-state index in [2.05, 4.69) is 0 Å². The number of hydrogen-bond donors (Lipinski definition) is 0. The van der Waals surface area contributed by atoms with E-state index in [1.54, 1.807) is 27.8 Å². The van der Waals surface area contributed by atoms with Gasteiger partial charge in [0.15, 0.2) is 0 Å². The van der Waals surface area contributed by atoms with Gasteiger partial charge in [0, 0.05) is 7.05 Å². The fourth-order valence-electron chi connectivity index (χ4n) is 1.49. The number of carbonyl (C=O) groups excluding carboxylic acids is 2. The number of likely N-dealkylation sites (N-methyl/N-ethyl adjacent to an activating group) is 1. The third-order valence-corrected chi connectivity index (χ3v) is 2.60. The average Bonchev–Trinajstić information content (AvgIpc) is 2.93. The van der Waals surface area contributed by atoms with Crippen LogP contribution in [0.25, 0.3) is 0 Å². The van der Waals surface area contributed by atoms with E-state index < -0.39 is 17.2 Å². The van der Waals surface area contributed by atoms with Gasteiger partial charge in [-0.15, -0.1) is 0 Å². The van der Waals surface area contributed by atoms with Crippen molar-refractivity contribution in [2.75, 3.05) is 14.2 Å². The van der Waals surface area contributed by atoms with Gasteiger partial charge >= 0.3 is 12.1 Å². The Kier molecular flexibility index (Phi) is 3.17. The van der Waals surface area contributed by atoms with Crippen LogP contribution in [0.1, 0.15) is 33.6 Å². The summed E-state index contributed by atoms with van der Waals surface area (Å²) < 4.78 is 9.89. The molecule has 0 bridgehead atoms. The van der Waals surface area contributed by atoms with Gasteiger partial charge in [0.05, 0.1) is 7.11 Å². The van der Waals surface area contributed by atoms with Crippen molar-refractivity contribution in [3.05, 3.63) is 0 Å². The minimum atomic E-state index is -0.795. The third kappa shape index (κ3) is 2.46. The maximum atomic E-state index is 11.8. The van der Waals surface area contributed by atoms with Crippen molar-refractivity contribution in [2.45, 2.75) is 44.8 Å². The molecule has 0 spiro atoms. The number of amides is 1. The molecule has 1 rings (SSSR count). The fraction of sp³-hybridized carbons (Fsp3) is 0.818. The zero-order valence-electron chi connectivity index (χ0n) is 10.5. The number of nitrogens with zero attached hydrogens (tertiary/aromatic N) is 1. The maximum absolute atomic E-state index is 11.8. The first-order valence-electron chi connectivity index (χ1n) is 5.28. The molecule has 0 N–H and O–H groups in total. The predicted molar refractivity (Wildman–Crippen MR) is 58.0 cm³/mol. The summed E-state index contributed by atoms with van der Waals surface area (Å²) in [6.45, 7) is 5.36. The molecule has 0 saturated heterocycles. The van der Waals surface area contributed by atoms with E-state index in [1.807, 2.05) is 0 Å². The zero-order chi connectivity index (χ0) is 12.6. The van der Waals surface area contributed by atoms with Crippen LogP contribution in [0.5, 0.6) is 0 Å². The molecule has 1 saturated carbocycles. The first kappa shape index (κ1) is 12.8. The van der Waals surface area contributed by atoms with Gasteiger partial charge in [-0.3, -0.25) is 4.90 Å². The Balaban J connectivity index is 2.68. The molecule has 1 amide bonds. The van der Waals surface area contributed by atoms with Gasteiger partial charge in [-0.25, -0.2) is 9.59 Å². The van der Waals surface area contributed by atoms with Crippen LogP contribution in [0.3, 0.4) is 0 Å². The van der Waals surface area contributed by atoms with Crippen molar-refractivity contribution in [2.24, 2.45) is 0 Å². The molecule has 0 aromatic rings. The lowest BCUT2D eigenvalue weighted by molar-refractivity contribution is -0.148. The van der Waals surface area contributed by atoms with Crippen LogP contribution in [0.4, 0.5) is 4.79 Å². The standard InChI is InChI=1S/C11H19NO4/c1-10(2,3)16-9(14)12(4)11(6-7-11)8(13)15-5/h6-7H2,1-5H3. The quantitative estimate of drug-likeness (QED) is 0.674. The van der Waals surface area contributed by atoms with Crippen LogP contribution in [0.2, 0.25) is 0 Å². The highest BCUT2D eigenvalue weighted by Gasteiger charge is 2.57. The van der Waals surface area contributed by atoms with Gasteiger partial charge in [-0.05, 0) is 33.6 Å². The number of methoxy groups -OCH3 is 1. The van der Waals surface area contributed by atoms with Crippen molar-refractivity contribution in [3.8, 4) is 0 Å². The van der Waals surface area contributed by atoms with Crippen LogP contribution in [-0.4, -0.2) is 42.3 Å². The van der Waals surface area contributed by atoms with E-state index in [0.717, 1.165) is 0 Å². The zero-order valence-corrected chi connectivity index (χ0v) is 10.5. The van der Waals surface area contributed by atoms with Crippen LogP contribution in [-0.2, 0) is 14.3 Å². The summed E-state index contributed by atoms with van der Waals surface area (Å²) >= 11 is 0. The van der Waals surface area contributed by atoms with E-state index >= 15 is 0 Å². The third-order valence-electron chi connectivity index (χ3n) is 2.60. The van der Waals surface area contributed by atoms with Crippen molar-refractivity contribution in [3.63, 3.8) is 0 Å². The van der Waals surface area contributed by atoms with Crippen LogP contribution < -0.4 is 0 Å². The summed E-state index contributed by atoms with van der Waals surface area (Å²) in [4.78, 5) is 24.6. The monoisotopic (exact) mass is 229 g/mol. The largest absolute Gasteiger partial charge is 0.467 e. The molecule has 1 fully saturated rings. The Morgan fingerprint density at radius 3 is 2.06 bits per heavy atom. The lowest BCUT2D eigenvalue weighted by atomic mass is 10.2. The average molecular weight is 229 g/mol. The Hall–Kier alpha value is -1.26. The Morgan fingerprint density at radius 2 is 1.75 bits per heavy atom. The number of rotatable bonds is 2. The van der Waals surface area contributed by atoms with Crippen molar-refractivity contribution < 1.29 is 19.1 Å². The smallest absolute Gasteiger partial charge is 0.410 e. The molecular formula is C11H19NO4. The summed E-state index contributed by atoms with van der Waals surface area (Å²) in [5.41, 5.74) is -1.35. The van der Waals surface area contributed by atoms with Crippen molar-refractivity contribution >= 4 is 12.1 Å². The topological polar surface area (TPSA) is 55.8 Å². The first-order valence-corrected chi connectivity index (χ1v) is 5.28. The van der Waals surface area contributed by atoms with Gasteiger partial charge in [-0.2, -0.15) is 0 Å². The molecule has 0 atom stereocenters. The number of esters is 1. The number of hydrogen-bond acceptors (Lipinski definition) is 4. The summed E-state index contributed by atoms with van der Waals surface area (Å²) in [6.07, 6.45) is 0.778. The molecule has 0 unspecified atom stereocenters. The first-order chi connectivity index (χ1) is 7.23. The van der Waals surface area contributed by atoms with E-state index in [-0.39, 0.29) is 5.97 Å². The maximum Gasteiger partial charge on any atom is 0.410 e. The van der Waals surface area contributed by atoms with E-state index in [9.17, 15) is 9.59 Å². The van der Waals surface area contributed by atoms with E-state index in [1.165, 1.54) is 12.0 Å². The number of ether oxygens (including phenoxy) is 2. The predicted octanol–water partition coefficient (Wildman–Crippen LogP) is 1.56. The molecule has 0 aliphatic heterocycles. The molecule has 16 heavy (non-hydrogen) atoms. The molecule has 0 radical (unpaired) electrons. The second kappa shape index (κ2) is 3.96. The second-order valence-corrected chi connectivity index (χ2v) is 5.06. The van der Waals surface area contributed by atoms with Gasteiger partial charge in [0.25, 0.3) is 0 Å². The molecular weight excluding hydrogens is 210 g/mol. The van der Waals surface area contributed by atoms with Gasteiger partial charge < -0.3 is 9.47 Å². The molecule has 0 aromatic heterocycles. The molecule has 92 valence electrons. The van der Waals surface area contributed by atoms with Gasteiger partial charge in [0.2, 0.25) is 0 Å². The SMILES string of the molecule is COC(=O)C1(N(C)C(=O)OC(C)(C)C)CC1. The summed E-state index contributed by atoms with van der Waals surface area (Å²) in [5.74, 6) is -0.374.